The van der Waals surface area contributed by atoms with Gasteiger partial charge in [-0.05, 0) is 23.6 Å². The summed E-state index contributed by atoms with van der Waals surface area (Å²) < 4.78 is 6.00. The summed E-state index contributed by atoms with van der Waals surface area (Å²) in [5.41, 5.74) is 2.44. The Morgan fingerprint density at radius 1 is 1.05 bits per heavy atom. The van der Waals surface area contributed by atoms with Crippen LogP contribution in [0.25, 0.3) is 0 Å². The fourth-order valence-corrected chi connectivity index (χ4v) is 2.45. The number of hydrogen-bond donors (Lipinski definition) is 1. The normalized spacial score (nSPS) is 11.8. The molecule has 2 aromatic carbocycles. The molecule has 2 aromatic rings. The van der Waals surface area contributed by atoms with Gasteiger partial charge >= 0.3 is 0 Å². The zero-order valence-electron chi connectivity index (χ0n) is 11.5. The predicted octanol–water partition coefficient (Wildman–Crippen LogP) is 4.51. The van der Waals surface area contributed by atoms with Crippen LogP contribution in [0.4, 0.5) is 0 Å². The van der Waals surface area contributed by atoms with Crippen LogP contribution in [0, 0.1) is 0 Å². The molecule has 0 N–H and O–H groups in total. The Hall–Kier alpha value is -1.67. The summed E-state index contributed by atoms with van der Waals surface area (Å²) in [7, 11) is 0. The highest BCUT2D eigenvalue weighted by molar-refractivity contribution is 7.80. The first-order valence-electron chi connectivity index (χ1n) is 6.82. The monoisotopic (exact) mass is 284 g/mol. The summed E-state index contributed by atoms with van der Waals surface area (Å²) in [4.78, 5) is 0. The molecule has 2 heteroatoms. The van der Waals surface area contributed by atoms with Crippen molar-refractivity contribution in [2.75, 3.05) is 12.4 Å². The lowest BCUT2D eigenvalue weighted by Gasteiger charge is -2.17. The van der Waals surface area contributed by atoms with Crippen LogP contribution >= 0.6 is 12.6 Å². The van der Waals surface area contributed by atoms with Gasteiger partial charge in [0.2, 0.25) is 0 Å². The topological polar surface area (TPSA) is 9.23 Å². The van der Waals surface area contributed by atoms with Gasteiger partial charge < -0.3 is 4.74 Å². The molecule has 0 aliphatic heterocycles. The maximum atomic E-state index is 6.00. The van der Waals surface area contributed by atoms with Gasteiger partial charge in [0.1, 0.15) is 5.75 Å². The van der Waals surface area contributed by atoms with Crippen molar-refractivity contribution < 1.29 is 4.74 Å². The van der Waals surface area contributed by atoms with Crippen LogP contribution in [0.2, 0.25) is 0 Å². The summed E-state index contributed by atoms with van der Waals surface area (Å²) in [6, 6.07) is 18.5. The van der Waals surface area contributed by atoms with Crippen molar-refractivity contribution in [1.29, 1.82) is 0 Å². The van der Waals surface area contributed by atoms with E-state index in [1.807, 2.05) is 30.3 Å². The molecule has 0 spiro atoms. The van der Waals surface area contributed by atoms with Crippen LogP contribution < -0.4 is 4.74 Å². The Kier molecular flexibility index (Phi) is 5.75. The minimum absolute atomic E-state index is 0.302. The van der Waals surface area contributed by atoms with Crippen molar-refractivity contribution in [2.24, 2.45) is 0 Å². The highest BCUT2D eigenvalue weighted by Crippen LogP contribution is 2.23. The van der Waals surface area contributed by atoms with Crippen LogP contribution in [0.5, 0.6) is 5.75 Å². The van der Waals surface area contributed by atoms with E-state index in [0.29, 0.717) is 12.5 Å². The first kappa shape index (κ1) is 14.7. The number of rotatable bonds is 7. The molecule has 0 saturated heterocycles. The third-order valence-corrected chi connectivity index (χ3v) is 3.71. The second-order valence-corrected chi connectivity index (χ2v) is 5.07. The van der Waals surface area contributed by atoms with Crippen molar-refractivity contribution in [3.05, 3.63) is 78.4 Å². The maximum absolute atomic E-state index is 6.00. The first-order valence-corrected chi connectivity index (χ1v) is 7.45. The summed E-state index contributed by atoms with van der Waals surface area (Å²) in [5.74, 6) is 2.01. The molecule has 0 radical (unpaired) electrons. The molecule has 1 unspecified atom stereocenters. The molecule has 0 saturated carbocycles. The maximum Gasteiger partial charge on any atom is 0.122 e. The van der Waals surface area contributed by atoms with E-state index in [2.05, 4.69) is 49.5 Å². The van der Waals surface area contributed by atoms with Gasteiger partial charge in [0.25, 0.3) is 0 Å². The molecule has 20 heavy (non-hydrogen) atoms. The Morgan fingerprint density at radius 2 is 1.75 bits per heavy atom. The Balaban J connectivity index is 2.05. The van der Waals surface area contributed by atoms with Crippen LogP contribution in [-0.2, 0) is 6.42 Å². The van der Waals surface area contributed by atoms with Crippen molar-refractivity contribution in [1.82, 2.24) is 0 Å². The average molecular weight is 284 g/mol. The molecule has 0 fully saturated rings. The van der Waals surface area contributed by atoms with Crippen molar-refractivity contribution in [2.45, 2.75) is 12.3 Å². The molecule has 0 heterocycles. The fourth-order valence-electron chi connectivity index (χ4n) is 2.14. The predicted molar refractivity (Wildman–Crippen MR) is 88.9 cm³/mol. The summed E-state index contributed by atoms with van der Waals surface area (Å²) in [5, 5.41) is 0. The Labute approximate surface area is 126 Å². The Morgan fingerprint density at radius 3 is 2.45 bits per heavy atom. The summed E-state index contributed by atoms with van der Waals surface area (Å²) in [6.07, 6.45) is 2.72. The lowest BCUT2D eigenvalue weighted by Crippen LogP contribution is -2.12. The molecular weight excluding hydrogens is 264 g/mol. The quantitative estimate of drug-likeness (QED) is 0.581. The zero-order valence-corrected chi connectivity index (χ0v) is 12.4. The number of ether oxygens (including phenoxy) is 1. The minimum Gasteiger partial charge on any atom is -0.493 e. The molecule has 0 aliphatic carbocycles. The summed E-state index contributed by atoms with van der Waals surface area (Å²) >= 11 is 4.44. The second-order valence-electron chi connectivity index (χ2n) is 4.70. The van der Waals surface area contributed by atoms with Crippen LogP contribution in [0.3, 0.4) is 0 Å². The number of allylic oxidation sites excluding steroid dienone is 1. The number of thiol groups is 1. The van der Waals surface area contributed by atoms with E-state index in [9.17, 15) is 0 Å². The van der Waals surface area contributed by atoms with Crippen LogP contribution in [0.1, 0.15) is 17.0 Å². The average Bonchev–Trinajstić information content (AvgIpc) is 2.51. The van der Waals surface area contributed by atoms with E-state index in [4.69, 9.17) is 4.74 Å². The third kappa shape index (κ3) is 3.91. The standard InChI is InChI=1S/C18H20OS/c1-2-8-16-11-6-7-12-18(16)19-13-17(14-20)15-9-4-3-5-10-15/h2-7,9-12,17,20H,1,8,13-14H2. The molecule has 0 bridgehead atoms. The minimum atomic E-state index is 0.302. The highest BCUT2D eigenvalue weighted by atomic mass is 32.1. The second kappa shape index (κ2) is 7.81. The molecular formula is C18H20OS. The first-order chi connectivity index (χ1) is 9.85. The molecule has 1 atom stereocenters. The highest BCUT2D eigenvalue weighted by Gasteiger charge is 2.11. The smallest absolute Gasteiger partial charge is 0.122 e. The molecule has 0 amide bonds. The van der Waals surface area contributed by atoms with Crippen molar-refractivity contribution in [3.63, 3.8) is 0 Å². The van der Waals surface area contributed by atoms with Gasteiger partial charge in [-0.25, -0.2) is 0 Å². The van der Waals surface area contributed by atoms with E-state index in [1.165, 1.54) is 11.1 Å². The van der Waals surface area contributed by atoms with Gasteiger partial charge in [-0.2, -0.15) is 12.6 Å². The summed E-state index contributed by atoms with van der Waals surface area (Å²) in [6.45, 7) is 4.43. The van der Waals surface area contributed by atoms with Crippen LogP contribution in [-0.4, -0.2) is 12.4 Å². The van der Waals surface area contributed by atoms with Gasteiger partial charge in [-0.1, -0.05) is 54.6 Å². The number of para-hydroxylation sites is 1. The molecule has 2 rings (SSSR count). The lowest BCUT2D eigenvalue weighted by atomic mass is 10.0. The van der Waals surface area contributed by atoms with Crippen molar-refractivity contribution >= 4 is 12.6 Å². The van der Waals surface area contributed by atoms with E-state index in [0.717, 1.165) is 17.9 Å². The number of hydrogen-bond acceptors (Lipinski definition) is 2. The van der Waals surface area contributed by atoms with E-state index < -0.39 is 0 Å². The van der Waals surface area contributed by atoms with Crippen molar-refractivity contribution in [3.8, 4) is 5.75 Å². The molecule has 0 aromatic heterocycles. The molecule has 104 valence electrons. The van der Waals surface area contributed by atoms with Gasteiger partial charge in [0, 0.05) is 11.7 Å². The van der Waals surface area contributed by atoms with Gasteiger partial charge in [0.05, 0.1) is 6.61 Å². The van der Waals surface area contributed by atoms with Gasteiger partial charge in [-0.3, -0.25) is 0 Å². The zero-order chi connectivity index (χ0) is 14.2. The largest absolute Gasteiger partial charge is 0.493 e. The number of benzene rings is 2. The van der Waals surface area contributed by atoms with E-state index in [-0.39, 0.29) is 0 Å². The third-order valence-electron chi connectivity index (χ3n) is 3.27. The lowest BCUT2D eigenvalue weighted by molar-refractivity contribution is 0.295. The van der Waals surface area contributed by atoms with Crippen LogP contribution in [0.15, 0.2) is 67.3 Å². The van der Waals surface area contributed by atoms with Gasteiger partial charge in [-0.15, -0.1) is 6.58 Å². The molecule has 1 nitrogen and oxygen atoms in total. The van der Waals surface area contributed by atoms with E-state index >= 15 is 0 Å². The van der Waals surface area contributed by atoms with E-state index in [1.54, 1.807) is 0 Å². The SMILES string of the molecule is C=CCc1ccccc1OCC(CS)c1ccccc1. The Bertz CT molecular complexity index is 536. The van der Waals surface area contributed by atoms with Gasteiger partial charge in [0.15, 0.2) is 0 Å². The molecule has 0 aliphatic rings. The fraction of sp³-hybridized carbons (Fsp3) is 0.222.